The highest BCUT2D eigenvalue weighted by Gasteiger charge is 2.08. The Kier molecular flexibility index (Phi) is 6.21. The van der Waals surface area contributed by atoms with Gasteiger partial charge in [-0.05, 0) is 18.6 Å². The zero-order valence-corrected chi connectivity index (χ0v) is 11.3. The van der Waals surface area contributed by atoms with E-state index in [1.807, 2.05) is 6.92 Å². The summed E-state index contributed by atoms with van der Waals surface area (Å²) in [5, 5.41) is 3.40. The Morgan fingerprint density at radius 3 is 2.94 bits per heavy atom. The number of esters is 1. The molecule has 98 valence electrons. The number of thioether (sulfide) groups is 1. The first kappa shape index (κ1) is 14.5. The largest absolute Gasteiger partial charge is 0.465 e. The number of aromatic nitrogens is 1. The van der Waals surface area contributed by atoms with Crippen molar-refractivity contribution in [1.29, 1.82) is 0 Å². The van der Waals surface area contributed by atoms with Crippen molar-refractivity contribution < 1.29 is 14.3 Å². The summed E-state index contributed by atoms with van der Waals surface area (Å²) < 4.78 is 4.61. The molecule has 1 aromatic rings. The molecule has 0 spiro atoms. The van der Waals surface area contributed by atoms with Crippen LogP contribution < -0.4 is 5.32 Å². The van der Waals surface area contributed by atoms with Crippen LogP contribution in [0.15, 0.2) is 23.4 Å². The molecule has 1 amide bonds. The summed E-state index contributed by atoms with van der Waals surface area (Å²) >= 11 is 1.29. The molecule has 0 aliphatic heterocycles. The maximum absolute atomic E-state index is 11.4. The zero-order valence-electron chi connectivity index (χ0n) is 10.4. The summed E-state index contributed by atoms with van der Waals surface area (Å²) in [5.74, 6) is -0.153. The van der Waals surface area contributed by atoms with Crippen LogP contribution in [0.3, 0.4) is 0 Å². The molecule has 0 aromatic carbocycles. The van der Waals surface area contributed by atoms with Crippen molar-refractivity contribution in [2.75, 3.05) is 19.4 Å². The van der Waals surface area contributed by atoms with E-state index in [0.717, 1.165) is 6.42 Å². The maximum atomic E-state index is 11.4. The van der Waals surface area contributed by atoms with Crippen molar-refractivity contribution in [2.45, 2.75) is 18.4 Å². The first-order valence-electron chi connectivity index (χ1n) is 5.61. The SMILES string of the molecule is CCCNC(=O)CSc1cc(C(=O)OC)ccn1. The highest BCUT2D eigenvalue weighted by atomic mass is 32.2. The third-order valence-electron chi connectivity index (χ3n) is 2.08. The second kappa shape index (κ2) is 7.71. The maximum Gasteiger partial charge on any atom is 0.337 e. The van der Waals surface area contributed by atoms with E-state index in [1.54, 1.807) is 12.1 Å². The normalized spacial score (nSPS) is 9.89. The number of nitrogens with zero attached hydrogens (tertiary/aromatic N) is 1. The van der Waals surface area contributed by atoms with Crippen molar-refractivity contribution in [2.24, 2.45) is 0 Å². The molecule has 0 bridgehead atoms. The van der Waals surface area contributed by atoms with Crippen LogP contribution in [0.4, 0.5) is 0 Å². The van der Waals surface area contributed by atoms with Gasteiger partial charge in [0, 0.05) is 12.7 Å². The van der Waals surface area contributed by atoms with E-state index in [-0.39, 0.29) is 11.7 Å². The lowest BCUT2D eigenvalue weighted by Crippen LogP contribution is -2.25. The van der Waals surface area contributed by atoms with Gasteiger partial charge in [-0.25, -0.2) is 9.78 Å². The lowest BCUT2D eigenvalue weighted by Gasteiger charge is -2.04. The molecule has 1 rings (SSSR count). The van der Waals surface area contributed by atoms with E-state index in [9.17, 15) is 9.59 Å². The number of amides is 1. The minimum absolute atomic E-state index is 0.0351. The lowest BCUT2D eigenvalue weighted by molar-refractivity contribution is -0.118. The number of carbonyl (C=O) groups is 2. The fraction of sp³-hybridized carbons (Fsp3) is 0.417. The predicted octanol–water partition coefficient (Wildman–Crippen LogP) is 1.49. The summed E-state index contributed by atoms with van der Waals surface area (Å²) in [7, 11) is 1.33. The first-order valence-corrected chi connectivity index (χ1v) is 6.59. The van der Waals surface area contributed by atoms with E-state index in [1.165, 1.54) is 25.1 Å². The van der Waals surface area contributed by atoms with Crippen LogP contribution in [0.25, 0.3) is 0 Å². The second-order valence-corrected chi connectivity index (χ2v) is 4.51. The third kappa shape index (κ3) is 4.75. The molecule has 1 N–H and O–H groups in total. The number of pyridine rings is 1. The van der Waals surface area contributed by atoms with E-state index in [0.29, 0.717) is 17.1 Å². The average Bonchev–Trinajstić information content (AvgIpc) is 2.42. The minimum atomic E-state index is -0.408. The Morgan fingerprint density at radius 1 is 1.50 bits per heavy atom. The van der Waals surface area contributed by atoms with E-state index in [2.05, 4.69) is 15.0 Å². The number of hydrogen-bond acceptors (Lipinski definition) is 5. The minimum Gasteiger partial charge on any atom is -0.465 e. The molecule has 0 saturated carbocycles. The van der Waals surface area contributed by atoms with Gasteiger partial charge in [-0.3, -0.25) is 4.79 Å². The molecule has 5 nitrogen and oxygen atoms in total. The summed E-state index contributed by atoms with van der Waals surface area (Å²) in [6, 6.07) is 3.19. The van der Waals surface area contributed by atoms with E-state index in [4.69, 9.17) is 0 Å². The van der Waals surface area contributed by atoms with Crippen molar-refractivity contribution in [3.8, 4) is 0 Å². The van der Waals surface area contributed by atoms with Gasteiger partial charge in [-0.1, -0.05) is 18.7 Å². The molecule has 6 heteroatoms. The van der Waals surface area contributed by atoms with Gasteiger partial charge < -0.3 is 10.1 Å². The summed E-state index contributed by atoms with van der Waals surface area (Å²) in [6.07, 6.45) is 2.44. The van der Waals surface area contributed by atoms with Crippen LogP contribution in [-0.4, -0.2) is 36.3 Å². The van der Waals surface area contributed by atoms with Crippen molar-refractivity contribution in [1.82, 2.24) is 10.3 Å². The van der Waals surface area contributed by atoms with Gasteiger partial charge >= 0.3 is 5.97 Å². The van der Waals surface area contributed by atoms with Crippen molar-refractivity contribution in [3.05, 3.63) is 23.9 Å². The zero-order chi connectivity index (χ0) is 13.4. The first-order chi connectivity index (χ1) is 8.67. The molecule has 0 radical (unpaired) electrons. The van der Waals surface area contributed by atoms with Gasteiger partial charge in [0.15, 0.2) is 0 Å². The van der Waals surface area contributed by atoms with Gasteiger partial charge in [0.05, 0.1) is 23.5 Å². The Balaban J connectivity index is 2.52. The monoisotopic (exact) mass is 268 g/mol. The van der Waals surface area contributed by atoms with Crippen molar-refractivity contribution >= 4 is 23.6 Å². The number of nitrogens with one attached hydrogen (secondary N) is 1. The number of methoxy groups -OCH3 is 1. The van der Waals surface area contributed by atoms with Crippen LogP contribution in [-0.2, 0) is 9.53 Å². The van der Waals surface area contributed by atoms with Crippen LogP contribution in [0.1, 0.15) is 23.7 Å². The van der Waals surface area contributed by atoms with Crippen LogP contribution >= 0.6 is 11.8 Å². The van der Waals surface area contributed by atoms with E-state index < -0.39 is 5.97 Å². The van der Waals surface area contributed by atoms with Crippen LogP contribution in [0.2, 0.25) is 0 Å². The number of carbonyl (C=O) groups excluding carboxylic acids is 2. The summed E-state index contributed by atoms with van der Waals surface area (Å²) in [4.78, 5) is 26.8. The Bertz CT molecular complexity index is 424. The highest BCUT2D eigenvalue weighted by Crippen LogP contribution is 2.16. The second-order valence-electron chi connectivity index (χ2n) is 3.51. The Labute approximate surface area is 110 Å². The summed E-state index contributed by atoms with van der Waals surface area (Å²) in [5.41, 5.74) is 0.434. The van der Waals surface area contributed by atoms with Gasteiger partial charge in [0.25, 0.3) is 0 Å². The fourth-order valence-electron chi connectivity index (χ4n) is 1.19. The Hall–Kier alpha value is -1.56. The van der Waals surface area contributed by atoms with Gasteiger partial charge in [-0.15, -0.1) is 0 Å². The van der Waals surface area contributed by atoms with Gasteiger partial charge in [0.2, 0.25) is 5.91 Å². The standard InChI is InChI=1S/C12H16N2O3S/c1-3-5-13-10(15)8-18-11-7-9(4-6-14-11)12(16)17-2/h4,6-7H,3,5,8H2,1-2H3,(H,13,15). The van der Waals surface area contributed by atoms with E-state index >= 15 is 0 Å². The molecular weight excluding hydrogens is 252 g/mol. The number of ether oxygens (including phenoxy) is 1. The van der Waals surface area contributed by atoms with Crippen molar-refractivity contribution in [3.63, 3.8) is 0 Å². The molecule has 0 unspecified atom stereocenters. The van der Waals surface area contributed by atoms with Crippen LogP contribution in [0.5, 0.6) is 0 Å². The summed E-state index contributed by atoms with van der Waals surface area (Å²) in [6.45, 7) is 2.67. The molecule has 1 aromatic heterocycles. The smallest absolute Gasteiger partial charge is 0.337 e. The molecule has 18 heavy (non-hydrogen) atoms. The highest BCUT2D eigenvalue weighted by molar-refractivity contribution is 7.99. The molecule has 1 heterocycles. The topological polar surface area (TPSA) is 68.3 Å². The Morgan fingerprint density at radius 2 is 2.28 bits per heavy atom. The predicted molar refractivity (Wildman–Crippen MR) is 69.6 cm³/mol. The molecule has 0 saturated heterocycles. The number of hydrogen-bond donors (Lipinski definition) is 1. The van der Waals surface area contributed by atoms with Gasteiger partial charge in [-0.2, -0.15) is 0 Å². The molecule has 0 aliphatic carbocycles. The quantitative estimate of drug-likeness (QED) is 0.625. The molecule has 0 fully saturated rings. The molecule has 0 aliphatic rings. The van der Waals surface area contributed by atoms with Gasteiger partial charge in [0.1, 0.15) is 0 Å². The molecule has 0 atom stereocenters. The lowest BCUT2D eigenvalue weighted by atomic mass is 10.3. The average molecular weight is 268 g/mol. The number of rotatable bonds is 6. The molecular formula is C12H16N2O3S. The third-order valence-corrected chi connectivity index (χ3v) is 3.00. The van der Waals surface area contributed by atoms with Crippen LogP contribution in [0, 0.1) is 0 Å². The fourth-order valence-corrected chi connectivity index (χ4v) is 1.91.